The average molecular weight is 270 g/mol. The normalized spacial score (nSPS) is 14.5. The number of rotatable bonds is 3. The molecule has 102 valence electrons. The van der Waals surface area contributed by atoms with Crippen molar-refractivity contribution in [3.05, 3.63) is 48.1 Å². The number of benzene rings is 1. The summed E-state index contributed by atoms with van der Waals surface area (Å²) in [5.74, 6) is 0.0237. The first-order valence-electron chi connectivity index (χ1n) is 6.35. The second-order valence-corrected chi connectivity index (χ2v) is 4.63. The van der Waals surface area contributed by atoms with Crippen LogP contribution in [-0.4, -0.2) is 32.4 Å². The van der Waals surface area contributed by atoms with Crippen molar-refractivity contribution in [3.8, 4) is 0 Å². The predicted octanol–water partition coefficient (Wildman–Crippen LogP) is 1.40. The summed E-state index contributed by atoms with van der Waals surface area (Å²) in [5.41, 5.74) is 1.98. The molecule has 1 aliphatic heterocycles. The molecule has 0 fully saturated rings. The van der Waals surface area contributed by atoms with Crippen LogP contribution in [0.4, 0.5) is 5.69 Å². The fourth-order valence-corrected chi connectivity index (χ4v) is 2.25. The molecule has 0 saturated heterocycles. The fourth-order valence-electron chi connectivity index (χ4n) is 2.25. The van der Waals surface area contributed by atoms with E-state index in [4.69, 9.17) is 5.11 Å². The largest absolute Gasteiger partial charge is 0.478 e. The van der Waals surface area contributed by atoms with E-state index in [9.17, 15) is 4.79 Å². The van der Waals surface area contributed by atoms with Crippen LogP contribution in [0.5, 0.6) is 0 Å². The maximum absolute atomic E-state index is 10.5. The quantitative estimate of drug-likeness (QED) is 0.853. The number of nitrogens with zero attached hydrogens (tertiary/aromatic N) is 4. The zero-order chi connectivity index (χ0) is 13.9. The highest BCUT2D eigenvalue weighted by molar-refractivity contribution is 5.85. The van der Waals surface area contributed by atoms with Crippen LogP contribution in [0, 0.1) is 0 Å². The first-order chi connectivity index (χ1) is 9.72. The molecule has 2 aromatic rings. The lowest BCUT2D eigenvalue weighted by Gasteiger charge is -2.29. The number of aromatic nitrogens is 3. The van der Waals surface area contributed by atoms with Gasteiger partial charge in [-0.3, -0.25) is 0 Å². The fraction of sp³-hybridized carbons (Fsp3) is 0.214. The maximum Gasteiger partial charge on any atom is 0.328 e. The second kappa shape index (κ2) is 5.16. The Bertz CT molecular complexity index is 645. The molecule has 6 heteroatoms. The van der Waals surface area contributed by atoms with Gasteiger partial charge in [-0.1, -0.05) is 12.1 Å². The zero-order valence-electron chi connectivity index (χ0n) is 10.8. The van der Waals surface area contributed by atoms with E-state index in [1.807, 2.05) is 24.3 Å². The topological polar surface area (TPSA) is 71.2 Å². The van der Waals surface area contributed by atoms with Gasteiger partial charge in [-0.25, -0.2) is 4.79 Å². The molecule has 0 saturated carbocycles. The van der Waals surface area contributed by atoms with Gasteiger partial charge in [-0.05, 0) is 23.8 Å². The summed E-state index contributed by atoms with van der Waals surface area (Å²) in [6.07, 6.45) is 4.48. The van der Waals surface area contributed by atoms with Crippen LogP contribution < -0.4 is 4.90 Å². The van der Waals surface area contributed by atoms with Gasteiger partial charge in [0.05, 0.1) is 6.54 Å². The Morgan fingerprint density at radius 1 is 1.25 bits per heavy atom. The standard InChI is InChI=1S/C14H14N4O2/c19-14(20)6-3-11-1-4-12(5-2-11)17-7-8-18-10-15-16-13(18)9-17/h1-6,10H,7-9H2,(H,19,20). The number of aliphatic carboxylic acids is 1. The maximum atomic E-state index is 10.5. The van der Waals surface area contributed by atoms with Crippen molar-refractivity contribution < 1.29 is 9.90 Å². The molecule has 0 spiro atoms. The molecule has 0 radical (unpaired) electrons. The van der Waals surface area contributed by atoms with Crippen LogP contribution in [0.1, 0.15) is 11.4 Å². The Labute approximate surface area is 116 Å². The summed E-state index contributed by atoms with van der Waals surface area (Å²) in [5, 5.41) is 16.6. The highest BCUT2D eigenvalue weighted by Crippen LogP contribution is 2.20. The van der Waals surface area contributed by atoms with Crippen LogP contribution in [0.2, 0.25) is 0 Å². The van der Waals surface area contributed by atoms with Crippen molar-refractivity contribution in [3.63, 3.8) is 0 Å². The van der Waals surface area contributed by atoms with E-state index in [0.29, 0.717) is 0 Å². The van der Waals surface area contributed by atoms with E-state index in [1.165, 1.54) is 0 Å². The third-order valence-corrected chi connectivity index (χ3v) is 3.32. The number of hydrogen-bond donors (Lipinski definition) is 1. The number of hydrogen-bond acceptors (Lipinski definition) is 4. The Kier molecular flexibility index (Phi) is 3.20. The molecular weight excluding hydrogens is 256 g/mol. The minimum Gasteiger partial charge on any atom is -0.478 e. The molecule has 0 aliphatic carbocycles. The van der Waals surface area contributed by atoms with E-state index in [1.54, 1.807) is 12.4 Å². The summed E-state index contributed by atoms with van der Waals surface area (Å²) in [6.45, 7) is 2.53. The van der Waals surface area contributed by atoms with Crippen LogP contribution in [0.3, 0.4) is 0 Å². The zero-order valence-corrected chi connectivity index (χ0v) is 10.8. The van der Waals surface area contributed by atoms with Crippen molar-refractivity contribution in [2.45, 2.75) is 13.1 Å². The Hall–Kier alpha value is -2.63. The lowest BCUT2D eigenvalue weighted by molar-refractivity contribution is -0.131. The van der Waals surface area contributed by atoms with E-state index in [0.717, 1.165) is 42.8 Å². The van der Waals surface area contributed by atoms with Crippen molar-refractivity contribution in [2.24, 2.45) is 0 Å². The van der Waals surface area contributed by atoms with Gasteiger partial charge in [0.15, 0.2) is 5.82 Å². The highest BCUT2D eigenvalue weighted by Gasteiger charge is 2.17. The Balaban J connectivity index is 1.74. The van der Waals surface area contributed by atoms with Gasteiger partial charge in [-0.15, -0.1) is 10.2 Å². The molecule has 1 aromatic carbocycles. The number of anilines is 1. The Morgan fingerprint density at radius 3 is 2.80 bits per heavy atom. The SMILES string of the molecule is O=C(O)C=Cc1ccc(N2CCn3cnnc3C2)cc1. The monoisotopic (exact) mass is 270 g/mol. The first kappa shape index (κ1) is 12.4. The molecule has 1 aliphatic rings. The summed E-state index contributed by atoms with van der Waals surface area (Å²) >= 11 is 0. The number of fused-ring (bicyclic) bond motifs is 1. The predicted molar refractivity (Wildman–Crippen MR) is 74.2 cm³/mol. The van der Waals surface area contributed by atoms with Gasteiger partial charge in [0.2, 0.25) is 0 Å². The smallest absolute Gasteiger partial charge is 0.328 e. The molecular formula is C14H14N4O2. The van der Waals surface area contributed by atoms with Crippen LogP contribution in [0.25, 0.3) is 6.08 Å². The average Bonchev–Trinajstić information content (AvgIpc) is 2.93. The summed E-state index contributed by atoms with van der Waals surface area (Å²) < 4.78 is 2.06. The molecule has 3 rings (SSSR count). The van der Waals surface area contributed by atoms with E-state index < -0.39 is 5.97 Å². The van der Waals surface area contributed by atoms with E-state index in [-0.39, 0.29) is 0 Å². The van der Waals surface area contributed by atoms with Gasteiger partial charge in [-0.2, -0.15) is 0 Å². The van der Waals surface area contributed by atoms with E-state index >= 15 is 0 Å². The Morgan fingerprint density at radius 2 is 2.05 bits per heavy atom. The number of carboxylic acid groups (broad SMARTS) is 1. The summed E-state index contributed by atoms with van der Waals surface area (Å²) in [7, 11) is 0. The minimum atomic E-state index is -0.940. The van der Waals surface area contributed by atoms with Crippen LogP contribution in [0.15, 0.2) is 36.7 Å². The molecule has 1 N–H and O–H groups in total. The van der Waals surface area contributed by atoms with Gasteiger partial charge < -0.3 is 14.6 Å². The highest BCUT2D eigenvalue weighted by atomic mass is 16.4. The third-order valence-electron chi connectivity index (χ3n) is 3.32. The summed E-state index contributed by atoms with van der Waals surface area (Å²) in [4.78, 5) is 12.7. The van der Waals surface area contributed by atoms with Crippen LogP contribution >= 0.6 is 0 Å². The lowest BCUT2D eigenvalue weighted by atomic mass is 10.1. The van der Waals surface area contributed by atoms with Gasteiger partial charge in [0.25, 0.3) is 0 Å². The van der Waals surface area contributed by atoms with Crippen molar-refractivity contribution in [1.82, 2.24) is 14.8 Å². The van der Waals surface area contributed by atoms with Crippen LogP contribution in [-0.2, 0) is 17.9 Å². The number of carboxylic acids is 1. The molecule has 0 bridgehead atoms. The second-order valence-electron chi connectivity index (χ2n) is 4.63. The van der Waals surface area contributed by atoms with Gasteiger partial charge in [0, 0.05) is 24.9 Å². The lowest BCUT2D eigenvalue weighted by Crippen LogP contribution is -2.33. The molecule has 1 aromatic heterocycles. The number of carbonyl (C=O) groups is 1. The van der Waals surface area contributed by atoms with Gasteiger partial charge in [0.1, 0.15) is 6.33 Å². The molecule has 6 nitrogen and oxygen atoms in total. The first-order valence-corrected chi connectivity index (χ1v) is 6.35. The third kappa shape index (κ3) is 2.54. The van der Waals surface area contributed by atoms with Crippen molar-refractivity contribution in [2.75, 3.05) is 11.4 Å². The van der Waals surface area contributed by atoms with Gasteiger partial charge >= 0.3 is 5.97 Å². The molecule has 0 atom stereocenters. The molecule has 0 amide bonds. The molecule has 2 heterocycles. The minimum absolute atomic E-state index is 0.740. The molecule has 20 heavy (non-hydrogen) atoms. The summed E-state index contributed by atoms with van der Waals surface area (Å²) in [6, 6.07) is 7.81. The van der Waals surface area contributed by atoms with Crippen molar-refractivity contribution >= 4 is 17.7 Å². The van der Waals surface area contributed by atoms with E-state index in [2.05, 4.69) is 19.7 Å². The molecule has 0 unspecified atom stereocenters. The van der Waals surface area contributed by atoms with Crippen molar-refractivity contribution in [1.29, 1.82) is 0 Å².